The van der Waals surface area contributed by atoms with Gasteiger partial charge in [-0.2, -0.15) is 5.10 Å². The van der Waals surface area contributed by atoms with E-state index in [1.807, 2.05) is 43.7 Å². The molecule has 0 aliphatic heterocycles. The Balaban J connectivity index is 1.44. The van der Waals surface area contributed by atoms with Gasteiger partial charge in [-0.05, 0) is 42.3 Å². The smallest absolute Gasteiger partial charge is 0.320 e. The number of rotatable bonds is 7. The van der Waals surface area contributed by atoms with Crippen molar-refractivity contribution in [3.63, 3.8) is 0 Å². The van der Waals surface area contributed by atoms with Gasteiger partial charge in [0, 0.05) is 35.5 Å². The monoisotopic (exact) mass is 479 g/mol. The molecular formula is C26H30FN5O3. The minimum absolute atomic E-state index is 0.0530. The molecular weight excluding hydrogens is 449 g/mol. The zero-order valence-electron chi connectivity index (χ0n) is 20.6. The SMILES string of the molecule is CC(C)Cn1ncc2cc(Oc3ccc(F)cc3CNC(=O)Nc3cc(C(C)(C)C)on3)ccc21. The van der Waals surface area contributed by atoms with E-state index in [1.54, 1.807) is 18.3 Å². The highest BCUT2D eigenvalue weighted by Gasteiger charge is 2.20. The van der Waals surface area contributed by atoms with Gasteiger partial charge in [-0.25, -0.2) is 9.18 Å². The van der Waals surface area contributed by atoms with Gasteiger partial charge in [0.1, 0.15) is 23.1 Å². The number of hydrogen-bond acceptors (Lipinski definition) is 5. The quantitative estimate of drug-likeness (QED) is 0.328. The van der Waals surface area contributed by atoms with Crippen molar-refractivity contribution in [3.05, 3.63) is 65.8 Å². The molecule has 0 saturated carbocycles. The largest absolute Gasteiger partial charge is 0.457 e. The topological polar surface area (TPSA) is 94.2 Å². The van der Waals surface area contributed by atoms with Crippen LogP contribution in [-0.4, -0.2) is 21.0 Å². The summed E-state index contributed by atoms with van der Waals surface area (Å²) in [6.45, 7) is 11.1. The second kappa shape index (κ2) is 9.77. The number of halogens is 1. The van der Waals surface area contributed by atoms with Gasteiger partial charge in [-0.3, -0.25) is 10.00 Å². The average Bonchev–Trinajstić information content (AvgIpc) is 3.40. The van der Waals surface area contributed by atoms with Crippen LogP contribution in [0.1, 0.15) is 45.9 Å². The molecule has 2 N–H and O–H groups in total. The molecule has 0 aliphatic carbocycles. The Morgan fingerprint density at radius 2 is 1.97 bits per heavy atom. The van der Waals surface area contributed by atoms with Crippen molar-refractivity contribution in [2.75, 3.05) is 5.32 Å². The minimum Gasteiger partial charge on any atom is -0.457 e. The van der Waals surface area contributed by atoms with Gasteiger partial charge in [0.25, 0.3) is 0 Å². The Hall–Kier alpha value is -3.88. The molecule has 0 fully saturated rings. The second-order valence-electron chi connectivity index (χ2n) is 9.93. The number of anilines is 1. The molecule has 4 aromatic rings. The van der Waals surface area contributed by atoms with Crippen molar-refractivity contribution in [2.45, 2.75) is 53.1 Å². The van der Waals surface area contributed by atoms with Gasteiger partial charge in [0.05, 0.1) is 11.7 Å². The maximum atomic E-state index is 14.0. The summed E-state index contributed by atoms with van der Waals surface area (Å²) in [5.74, 6) is 2.04. The number of carbonyl (C=O) groups is 1. The molecule has 2 heterocycles. The highest BCUT2D eigenvalue weighted by Crippen LogP contribution is 2.29. The molecule has 0 atom stereocenters. The zero-order valence-corrected chi connectivity index (χ0v) is 20.6. The molecule has 2 aromatic carbocycles. The van der Waals surface area contributed by atoms with E-state index in [2.05, 4.69) is 34.7 Å². The maximum absolute atomic E-state index is 14.0. The zero-order chi connectivity index (χ0) is 25.2. The first-order valence-electron chi connectivity index (χ1n) is 11.5. The lowest BCUT2D eigenvalue weighted by Gasteiger charge is -2.13. The minimum atomic E-state index is -0.493. The number of urea groups is 1. The van der Waals surface area contributed by atoms with E-state index in [1.165, 1.54) is 12.1 Å². The van der Waals surface area contributed by atoms with Crippen molar-refractivity contribution in [1.82, 2.24) is 20.3 Å². The summed E-state index contributed by atoms with van der Waals surface area (Å²) in [4.78, 5) is 12.4. The Bertz CT molecular complexity index is 1340. The fourth-order valence-electron chi connectivity index (χ4n) is 3.56. The predicted molar refractivity (Wildman–Crippen MR) is 132 cm³/mol. The lowest BCUT2D eigenvalue weighted by molar-refractivity contribution is 0.251. The van der Waals surface area contributed by atoms with Gasteiger partial charge in [-0.1, -0.05) is 39.8 Å². The number of aromatic nitrogens is 3. The summed E-state index contributed by atoms with van der Waals surface area (Å²) in [7, 11) is 0. The molecule has 4 rings (SSSR count). The van der Waals surface area contributed by atoms with Crippen molar-refractivity contribution in [1.29, 1.82) is 0 Å². The lowest BCUT2D eigenvalue weighted by atomic mass is 9.93. The number of ether oxygens (including phenoxy) is 1. The summed E-state index contributed by atoms with van der Waals surface area (Å²) in [5.41, 5.74) is 1.28. The summed E-state index contributed by atoms with van der Waals surface area (Å²) in [6, 6.07) is 11.1. The van der Waals surface area contributed by atoms with Gasteiger partial charge in [-0.15, -0.1) is 0 Å². The van der Waals surface area contributed by atoms with E-state index in [0.29, 0.717) is 34.6 Å². The first kappa shape index (κ1) is 24.3. The maximum Gasteiger partial charge on any atom is 0.320 e. The standard InChI is InChI=1S/C26H30FN5O3/c1-16(2)15-32-21-8-7-20(11-17(21)14-29-32)34-22-9-6-19(27)10-18(22)13-28-25(33)30-24-12-23(35-31-24)26(3,4)5/h6-12,14,16H,13,15H2,1-5H3,(H2,28,30,31,33). The van der Waals surface area contributed by atoms with Crippen LogP contribution in [0.4, 0.5) is 15.0 Å². The van der Waals surface area contributed by atoms with E-state index in [0.717, 1.165) is 17.4 Å². The average molecular weight is 480 g/mol. The third kappa shape index (κ3) is 5.98. The van der Waals surface area contributed by atoms with Crippen molar-refractivity contribution < 1.29 is 18.4 Å². The van der Waals surface area contributed by atoms with Crippen LogP contribution in [0.5, 0.6) is 11.5 Å². The van der Waals surface area contributed by atoms with Crippen LogP contribution >= 0.6 is 0 Å². The summed E-state index contributed by atoms with van der Waals surface area (Å²) >= 11 is 0. The van der Waals surface area contributed by atoms with Crippen LogP contribution in [0.25, 0.3) is 10.9 Å². The molecule has 8 nitrogen and oxygen atoms in total. The predicted octanol–water partition coefficient (Wildman–Crippen LogP) is 6.23. The third-order valence-electron chi connectivity index (χ3n) is 5.33. The van der Waals surface area contributed by atoms with Crippen LogP contribution in [0.3, 0.4) is 0 Å². The molecule has 184 valence electrons. The van der Waals surface area contributed by atoms with Crippen LogP contribution in [0.15, 0.2) is 53.2 Å². The molecule has 0 unspecified atom stereocenters. The van der Waals surface area contributed by atoms with Crippen molar-refractivity contribution >= 4 is 22.8 Å². The Labute approximate surface area is 203 Å². The van der Waals surface area contributed by atoms with E-state index < -0.39 is 11.8 Å². The third-order valence-corrected chi connectivity index (χ3v) is 5.33. The fourth-order valence-corrected chi connectivity index (χ4v) is 3.56. The molecule has 0 bridgehead atoms. The lowest BCUT2D eigenvalue weighted by Crippen LogP contribution is -2.28. The molecule has 0 spiro atoms. The van der Waals surface area contributed by atoms with Crippen molar-refractivity contribution in [3.8, 4) is 11.5 Å². The molecule has 2 aromatic heterocycles. The number of benzene rings is 2. The number of nitrogens with zero attached hydrogens (tertiary/aromatic N) is 3. The number of amides is 2. The number of nitrogens with one attached hydrogen (secondary N) is 2. The molecule has 9 heteroatoms. The molecule has 0 saturated heterocycles. The molecule has 35 heavy (non-hydrogen) atoms. The Morgan fingerprint density at radius 3 is 2.69 bits per heavy atom. The Kier molecular flexibility index (Phi) is 6.77. The van der Waals surface area contributed by atoms with Crippen LogP contribution < -0.4 is 15.4 Å². The van der Waals surface area contributed by atoms with Gasteiger partial charge >= 0.3 is 6.03 Å². The first-order valence-corrected chi connectivity index (χ1v) is 11.5. The summed E-state index contributed by atoms with van der Waals surface area (Å²) < 4.78 is 27.3. The van der Waals surface area contributed by atoms with Gasteiger partial charge < -0.3 is 14.6 Å². The van der Waals surface area contributed by atoms with E-state index >= 15 is 0 Å². The number of carbonyl (C=O) groups excluding carboxylic acids is 1. The highest BCUT2D eigenvalue weighted by atomic mass is 19.1. The molecule has 2 amide bonds. The van der Waals surface area contributed by atoms with E-state index in [4.69, 9.17) is 9.26 Å². The van der Waals surface area contributed by atoms with Crippen LogP contribution in [0, 0.1) is 11.7 Å². The molecule has 0 aliphatic rings. The normalized spacial score (nSPS) is 11.7. The van der Waals surface area contributed by atoms with Gasteiger partial charge in [0.15, 0.2) is 5.82 Å². The van der Waals surface area contributed by atoms with Crippen molar-refractivity contribution in [2.24, 2.45) is 5.92 Å². The Morgan fingerprint density at radius 1 is 1.17 bits per heavy atom. The number of fused-ring (bicyclic) bond motifs is 1. The van der Waals surface area contributed by atoms with Crippen LogP contribution in [-0.2, 0) is 18.5 Å². The van der Waals surface area contributed by atoms with Gasteiger partial charge in [0.2, 0.25) is 0 Å². The second-order valence-corrected chi connectivity index (χ2v) is 9.93. The molecule has 0 radical (unpaired) electrons. The fraction of sp³-hybridized carbons (Fsp3) is 0.346. The number of hydrogen-bond donors (Lipinski definition) is 2. The van der Waals surface area contributed by atoms with Crippen LogP contribution in [0.2, 0.25) is 0 Å². The van der Waals surface area contributed by atoms with E-state index in [9.17, 15) is 9.18 Å². The highest BCUT2D eigenvalue weighted by molar-refractivity contribution is 5.88. The van der Waals surface area contributed by atoms with E-state index in [-0.39, 0.29) is 12.0 Å². The summed E-state index contributed by atoms with van der Waals surface area (Å²) in [6.07, 6.45) is 1.80. The first-order chi connectivity index (χ1) is 16.6. The summed E-state index contributed by atoms with van der Waals surface area (Å²) in [5, 5.41) is 14.6.